The Labute approximate surface area is 244 Å². The summed E-state index contributed by atoms with van der Waals surface area (Å²) in [5.74, 6) is 2.08. The van der Waals surface area contributed by atoms with Crippen LogP contribution in [0.25, 0.3) is 17.3 Å². The van der Waals surface area contributed by atoms with Crippen LogP contribution in [-0.4, -0.2) is 74.9 Å². The number of methoxy groups -OCH3 is 1. The maximum Gasteiger partial charge on any atom is 0.254 e. The maximum atomic E-state index is 13.3. The highest BCUT2D eigenvalue weighted by atomic mass is 32.2. The molecule has 1 atom stereocenters. The summed E-state index contributed by atoms with van der Waals surface area (Å²) in [5.41, 5.74) is 2.78. The van der Waals surface area contributed by atoms with Crippen LogP contribution in [0.15, 0.2) is 76.5 Å². The van der Waals surface area contributed by atoms with E-state index in [1.54, 1.807) is 19.4 Å². The smallest absolute Gasteiger partial charge is 0.254 e. The molecule has 1 saturated heterocycles. The molecule has 1 aliphatic rings. The van der Waals surface area contributed by atoms with Crippen molar-refractivity contribution in [2.75, 3.05) is 32.5 Å². The Morgan fingerprint density at radius 3 is 2.49 bits per heavy atom. The minimum atomic E-state index is -0.0847. The van der Waals surface area contributed by atoms with Gasteiger partial charge >= 0.3 is 0 Å². The number of aromatic nitrogens is 3. The zero-order chi connectivity index (χ0) is 28.8. The topological polar surface area (TPSA) is 93.7 Å². The normalized spacial score (nSPS) is 15.2. The molecule has 5 rings (SSSR count). The van der Waals surface area contributed by atoms with Gasteiger partial charge in [0, 0.05) is 31.2 Å². The number of carbonyl (C=O) groups is 2. The van der Waals surface area contributed by atoms with Crippen LogP contribution in [0.5, 0.6) is 5.75 Å². The monoisotopic (exact) mass is 573 g/mol. The second-order valence-corrected chi connectivity index (χ2v) is 11.0. The molecule has 0 N–H and O–H groups in total. The van der Waals surface area contributed by atoms with Gasteiger partial charge in [-0.15, -0.1) is 10.2 Å². The molecule has 2 amide bonds. The first-order valence-corrected chi connectivity index (χ1v) is 14.9. The van der Waals surface area contributed by atoms with E-state index in [2.05, 4.69) is 17.1 Å². The molecule has 0 aliphatic carbocycles. The molecule has 1 unspecified atom stereocenters. The lowest BCUT2D eigenvalue weighted by Crippen LogP contribution is -2.55. The van der Waals surface area contributed by atoms with Gasteiger partial charge in [-0.25, -0.2) is 0 Å². The van der Waals surface area contributed by atoms with Gasteiger partial charge in [0.05, 0.1) is 24.8 Å². The van der Waals surface area contributed by atoms with Crippen molar-refractivity contribution >= 4 is 23.6 Å². The molecule has 0 saturated carbocycles. The molecule has 1 aliphatic heterocycles. The number of ether oxygens (including phenoxy) is 1. The van der Waals surface area contributed by atoms with Gasteiger partial charge in [-0.05, 0) is 73.9 Å². The van der Waals surface area contributed by atoms with E-state index >= 15 is 0 Å². The van der Waals surface area contributed by atoms with Crippen LogP contribution in [0, 0.1) is 0 Å². The Hall–Kier alpha value is -4.05. The van der Waals surface area contributed by atoms with E-state index in [4.69, 9.17) is 9.15 Å². The maximum absolute atomic E-state index is 13.3. The summed E-state index contributed by atoms with van der Waals surface area (Å²) in [7, 11) is 1.62. The highest BCUT2D eigenvalue weighted by Crippen LogP contribution is 2.29. The average molecular weight is 574 g/mol. The molecule has 41 heavy (non-hydrogen) atoms. The van der Waals surface area contributed by atoms with E-state index in [9.17, 15) is 9.59 Å². The molecule has 2 aromatic heterocycles. The fraction of sp³-hybridized carbons (Fsp3) is 0.355. The molecular formula is C31H35N5O4S. The molecule has 3 heterocycles. The van der Waals surface area contributed by atoms with Crippen molar-refractivity contribution in [1.82, 2.24) is 24.6 Å². The number of aryl methyl sites for hydroxylation is 1. The van der Waals surface area contributed by atoms with Gasteiger partial charge in [0.25, 0.3) is 5.91 Å². The van der Waals surface area contributed by atoms with E-state index in [-0.39, 0.29) is 23.6 Å². The molecule has 9 nitrogen and oxygen atoms in total. The number of piperazine rings is 1. The first-order chi connectivity index (χ1) is 20.0. The van der Waals surface area contributed by atoms with E-state index < -0.39 is 0 Å². The third kappa shape index (κ3) is 6.48. The zero-order valence-electron chi connectivity index (χ0n) is 23.7. The molecule has 4 aromatic rings. The number of amides is 2. The lowest BCUT2D eigenvalue weighted by atomic mass is 10.0. The van der Waals surface area contributed by atoms with E-state index in [0.29, 0.717) is 41.9 Å². The second kappa shape index (κ2) is 13.1. The first-order valence-electron chi connectivity index (χ1n) is 13.9. The van der Waals surface area contributed by atoms with Crippen molar-refractivity contribution in [2.24, 2.45) is 0 Å². The number of benzene rings is 2. The van der Waals surface area contributed by atoms with Crippen LogP contribution in [-0.2, 0) is 11.2 Å². The lowest BCUT2D eigenvalue weighted by molar-refractivity contribution is -0.130. The number of rotatable bonds is 10. The predicted octanol–water partition coefficient (Wildman–Crippen LogP) is 5.34. The third-order valence-electron chi connectivity index (χ3n) is 7.29. The van der Waals surface area contributed by atoms with Crippen LogP contribution >= 0.6 is 11.8 Å². The van der Waals surface area contributed by atoms with Crippen molar-refractivity contribution in [3.63, 3.8) is 0 Å². The van der Waals surface area contributed by atoms with Crippen LogP contribution in [0.3, 0.4) is 0 Å². The Morgan fingerprint density at radius 2 is 1.83 bits per heavy atom. The number of carbonyl (C=O) groups excluding carboxylic acids is 2. The summed E-state index contributed by atoms with van der Waals surface area (Å²) >= 11 is 1.33. The second-order valence-electron chi connectivity index (χ2n) is 10.1. The quantitative estimate of drug-likeness (QED) is 0.236. The highest BCUT2D eigenvalue weighted by Gasteiger charge is 2.30. The van der Waals surface area contributed by atoms with Gasteiger partial charge in [-0.1, -0.05) is 37.2 Å². The lowest BCUT2D eigenvalue weighted by Gasteiger charge is -2.40. The van der Waals surface area contributed by atoms with Gasteiger partial charge in [0.1, 0.15) is 5.75 Å². The van der Waals surface area contributed by atoms with E-state index in [1.807, 2.05) is 75.9 Å². The zero-order valence-corrected chi connectivity index (χ0v) is 24.5. The molecule has 2 aromatic carbocycles. The number of hydrogen-bond acceptors (Lipinski definition) is 7. The molecule has 0 spiro atoms. The van der Waals surface area contributed by atoms with Crippen molar-refractivity contribution in [3.8, 4) is 23.0 Å². The number of furan rings is 1. The fourth-order valence-corrected chi connectivity index (χ4v) is 5.81. The first kappa shape index (κ1) is 28.5. The summed E-state index contributed by atoms with van der Waals surface area (Å²) in [6, 6.07) is 19.0. The van der Waals surface area contributed by atoms with Crippen molar-refractivity contribution in [2.45, 2.75) is 44.3 Å². The molecule has 10 heteroatoms. The summed E-state index contributed by atoms with van der Waals surface area (Å²) < 4.78 is 12.8. The predicted molar refractivity (Wildman–Crippen MR) is 158 cm³/mol. The average Bonchev–Trinajstić information content (AvgIpc) is 3.69. The van der Waals surface area contributed by atoms with Gasteiger partial charge in [0.2, 0.25) is 11.7 Å². The number of thioether (sulfide) groups is 1. The number of unbranched alkanes of at least 4 members (excludes halogenated alkanes) is 1. The Kier molecular flexibility index (Phi) is 9.08. The van der Waals surface area contributed by atoms with Gasteiger partial charge < -0.3 is 19.0 Å². The summed E-state index contributed by atoms with van der Waals surface area (Å²) in [5, 5.41) is 9.31. The summed E-state index contributed by atoms with van der Waals surface area (Å²) in [6.45, 7) is 5.65. The molecular weight excluding hydrogens is 538 g/mol. The molecule has 0 bridgehead atoms. The van der Waals surface area contributed by atoms with E-state index in [0.717, 1.165) is 30.7 Å². The summed E-state index contributed by atoms with van der Waals surface area (Å²) in [4.78, 5) is 30.2. The Morgan fingerprint density at radius 1 is 1.05 bits per heavy atom. The number of hydrogen-bond donors (Lipinski definition) is 0. The minimum absolute atomic E-state index is 0.00180. The Balaban J connectivity index is 1.23. The van der Waals surface area contributed by atoms with Gasteiger partial charge in [-0.2, -0.15) is 0 Å². The molecule has 1 fully saturated rings. The van der Waals surface area contributed by atoms with Crippen LogP contribution < -0.4 is 4.74 Å². The van der Waals surface area contributed by atoms with E-state index in [1.165, 1.54) is 17.3 Å². The van der Waals surface area contributed by atoms with Crippen LogP contribution in [0.1, 0.15) is 42.6 Å². The largest absolute Gasteiger partial charge is 0.497 e. The highest BCUT2D eigenvalue weighted by molar-refractivity contribution is 7.99. The van der Waals surface area contributed by atoms with Crippen molar-refractivity contribution < 1.29 is 18.7 Å². The SMILES string of the molecule is CCCCc1ccc(C(=O)N2CCN(C(=O)CSc3nnc(-c4ccco4)n3-c3ccc(OC)cc3)CC2C)cc1. The van der Waals surface area contributed by atoms with Gasteiger partial charge in [-0.3, -0.25) is 14.2 Å². The molecule has 214 valence electrons. The van der Waals surface area contributed by atoms with Crippen LogP contribution in [0.2, 0.25) is 0 Å². The van der Waals surface area contributed by atoms with Crippen molar-refractivity contribution in [1.29, 1.82) is 0 Å². The standard InChI is InChI=1S/C31H35N5O4S/c1-4-5-7-23-9-11-24(12-10-23)30(38)35-18-17-34(20-22(35)2)28(37)21-41-31-33-32-29(27-8-6-19-40-27)36(31)25-13-15-26(39-3)16-14-25/h6,8-16,19,22H,4-5,7,17-18,20-21H2,1-3H3. The number of nitrogens with zero attached hydrogens (tertiary/aromatic N) is 5. The van der Waals surface area contributed by atoms with Gasteiger partial charge in [0.15, 0.2) is 10.9 Å². The minimum Gasteiger partial charge on any atom is -0.497 e. The fourth-order valence-electron chi connectivity index (χ4n) is 4.96. The van der Waals surface area contributed by atoms with Crippen LogP contribution in [0.4, 0.5) is 0 Å². The van der Waals surface area contributed by atoms with Crippen molar-refractivity contribution in [3.05, 3.63) is 78.1 Å². The Bertz CT molecular complexity index is 1450. The third-order valence-corrected chi connectivity index (χ3v) is 8.20. The molecule has 0 radical (unpaired) electrons. The summed E-state index contributed by atoms with van der Waals surface area (Å²) in [6.07, 6.45) is 4.91.